The third-order valence-corrected chi connectivity index (χ3v) is 3.21. The zero-order chi connectivity index (χ0) is 14.0. The van der Waals surface area contributed by atoms with Gasteiger partial charge in [-0.3, -0.25) is 9.48 Å². The van der Waals surface area contributed by atoms with Gasteiger partial charge < -0.3 is 4.74 Å². The molecular formula is C13H12BrFN2O2. The van der Waals surface area contributed by atoms with Crippen LogP contribution in [0.15, 0.2) is 28.9 Å². The van der Waals surface area contributed by atoms with E-state index >= 15 is 0 Å². The zero-order valence-corrected chi connectivity index (χ0v) is 12.1. The summed E-state index contributed by atoms with van der Waals surface area (Å²) in [4.78, 5) is 12.4. The van der Waals surface area contributed by atoms with E-state index < -0.39 is 11.6 Å². The minimum absolute atomic E-state index is 0.0112. The highest BCUT2D eigenvalue weighted by Crippen LogP contribution is 2.24. The van der Waals surface area contributed by atoms with Crippen LogP contribution in [0.2, 0.25) is 0 Å². The fourth-order valence-corrected chi connectivity index (χ4v) is 2.15. The van der Waals surface area contributed by atoms with Gasteiger partial charge in [-0.25, -0.2) is 4.39 Å². The molecule has 2 rings (SSSR count). The van der Waals surface area contributed by atoms with Gasteiger partial charge in [-0.1, -0.05) is 15.9 Å². The van der Waals surface area contributed by atoms with Crippen LogP contribution in [-0.4, -0.2) is 22.7 Å². The number of rotatable bonds is 4. The van der Waals surface area contributed by atoms with Crippen molar-refractivity contribution in [3.8, 4) is 5.75 Å². The first-order chi connectivity index (χ1) is 9.08. The minimum Gasteiger partial charge on any atom is -0.493 e. The molecule has 1 aromatic heterocycles. The number of methoxy groups -OCH3 is 1. The summed E-state index contributed by atoms with van der Waals surface area (Å²) >= 11 is 3.23. The summed E-state index contributed by atoms with van der Waals surface area (Å²) in [7, 11) is 1.45. The number of ketones is 1. The molecule has 0 N–H and O–H groups in total. The predicted molar refractivity (Wildman–Crippen MR) is 72.0 cm³/mol. The Kier molecular flexibility index (Phi) is 3.99. The van der Waals surface area contributed by atoms with Crippen molar-refractivity contribution in [2.24, 2.45) is 0 Å². The highest BCUT2D eigenvalue weighted by Gasteiger charge is 2.23. The number of benzene rings is 1. The van der Waals surface area contributed by atoms with E-state index in [1.807, 2.05) is 6.92 Å². The SMILES string of the molecule is CCn1ncc(OC)c1C(=O)c1cc(Br)ccc1F. The Hall–Kier alpha value is -1.69. The largest absolute Gasteiger partial charge is 0.493 e. The standard InChI is InChI=1S/C13H12BrFN2O2/c1-3-17-12(11(19-2)7-16-17)13(18)9-6-8(14)4-5-10(9)15/h4-7H,3H2,1-2H3. The van der Waals surface area contributed by atoms with Crippen molar-refractivity contribution in [1.82, 2.24) is 9.78 Å². The number of carbonyl (C=O) groups excluding carboxylic acids is 1. The fourth-order valence-electron chi connectivity index (χ4n) is 1.79. The Morgan fingerprint density at radius 1 is 1.53 bits per heavy atom. The van der Waals surface area contributed by atoms with Gasteiger partial charge in [0.25, 0.3) is 0 Å². The average molecular weight is 327 g/mol. The first-order valence-electron chi connectivity index (χ1n) is 5.68. The van der Waals surface area contributed by atoms with Gasteiger partial charge in [-0.15, -0.1) is 0 Å². The first-order valence-corrected chi connectivity index (χ1v) is 6.47. The molecule has 0 unspecified atom stereocenters. The van der Waals surface area contributed by atoms with Gasteiger partial charge in [0.1, 0.15) is 5.82 Å². The van der Waals surface area contributed by atoms with Crippen LogP contribution in [0.5, 0.6) is 5.75 Å². The summed E-state index contributed by atoms with van der Waals surface area (Å²) in [6, 6.07) is 4.24. The van der Waals surface area contributed by atoms with Crippen molar-refractivity contribution in [1.29, 1.82) is 0 Å². The summed E-state index contributed by atoms with van der Waals surface area (Å²) < 4.78 is 21.0. The molecule has 0 saturated carbocycles. The number of aryl methyl sites for hydroxylation is 1. The Bertz CT molecular complexity index is 604. The van der Waals surface area contributed by atoms with Gasteiger partial charge in [-0.05, 0) is 25.1 Å². The maximum absolute atomic E-state index is 13.8. The summed E-state index contributed by atoms with van der Waals surface area (Å²) in [6.07, 6.45) is 1.45. The van der Waals surface area contributed by atoms with Crippen molar-refractivity contribution in [2.75, 3.05) is 7.11 Å². The number of halogens is 2. The van der Waals surface area contributed by atoms with E-state index in [9.17, 15) is 9.18 Å². The molecule has 0 radical (unpaired) electrons. The lowest BCUT2D eigenvalue weighted by atomic mass is 10.1. The van der Waals surface area contributed by atoms with E-state index in [4.69, 9.17) is 4.74 Å². The highest BCUT2D eigenvalue weighted by molar-refractivity contribution is 9.10. The lowest BCUT2D eigenvalue weighted by Gasteiger charge is -2.07. The third-order valence-electron chi connectivity index (χ3n) is 2.71. The van der Waals surface area contributed by atoms with Crippen LogP contribution in [0.1, 0.15) is 23.0 Å². The summed E-state index contributed by atoms with van der Waals surface area (Å²) in [5, 5.41) is 4.04. The number of ether oxygens (including phenoxy) is 1. The van der Waals surface area contributed by atoms with E-state index in [1.54, 1.807) is 6.07 Å². The lowest BCUT2D eigenvalue weighted by molar-refractivity contribution is 0.102. The predicted octanol–water partition coefficient (Wildman–Crippen LogP) is 3.04. The molecule has 0 amide bonds. The molecule has 0 atom stereocenters. The zero-order valence-electron chi connectivity index (χ0n) is 10.5. The molecule has 0 aliphatic carbocycles. The smallest absolute Gasteiger partial charge is 0.217 e. The van der Waals surface area contributed by atoms with Gasteiger partial charge in [0, 0.05) is 11.0 Å². The molecule has 19 heavy (non-hydrogen) atoms. The number of aromatic nitrogens is 2. The molecule has 0 fully saturated rings. The Morgan fingerprint density at radius 2 is 2.26 bits per heavy atom. The maximum Gasteiger partial charge on any atom is 0.217 e. The van der Waals surface area contributed by atoms with Crippen molar-refractivity contribution >= 4 is 21.7 Å². The Morgan fingerprint density at radius 3 is 2.89 bits per heavy atom. The number of carbonyl (C=O) groups is 1. The quantitative estimate of drug-likeness (QED) is 0.811. The molecule has 0 aliphatic heterocycles. The minimum atomic E-state index is -0.570. The normalized spacial score (nSPS) is 10.5. The summed E-state index contributed by atoms with van der Waals surface area (Å²) in [6.45, 7) is 2.35. The van der Waals surface area contributed by atoms with Gasteiger partial charge in [0.05, 0.1) is 18.9 Å². The molecule has 4 nitrogen and oxygen atoms in total. The Balaban J connectivity index is 2.55. The van der Waals surface area contributed by atoms with Crippen LogP contribution < -0.4 is 4.74 Å². The van der Waals surface area contributed by atoms with Crippen LogP contribution >= 0.6 is 15.9 Å². The maximum atomic E-state index is 13.8. The van der Waals surface area contributed by atoms with Crippen molar-refractivity contribution < 1.29 is 13.9 Å². The molecule has 6 heteroatoms. The van der Waals surface area contributed by atoms with Crippen LogP contribution in [0.4, 0.5) is 4.39 Å². The molecule has 0 spiro atoms. The number of hydrogen-bond acceptors (Lipinski definition) is 3. The Labute approximate surface area is 118 Å². The fraction of sp³-hybridized carbons (Fsp3) is 0.231. The van der Waals surface area contributed by atoms with Crippen LogP contribution in [-0.2, 0) is 6.54 Å². The van der Waals surface area contributed by atoms with Crippen LogP contribution in [0, 0.1) is 5.82 Å². The molecule has 1 heterocycles. The van der Waals surface area contributed by atoms with Crippen LogP contribution in [0.25, 0.3) is 0 Å². The summed E-state index contributed by atoms with van der Waals surface area (Å²) in [5.41, 5.74) is 0.241. The molecule has 0 aliphatic rings. The highest BCUT2D eigenvalue weighted by atomic mass is 79.9. The molecule has 1 aromatic carbocycles. The number of nitrogens with zero attached hydrogens (tertiary/aromatic N) is 2. The second-order valence-electron chi connectivity index (χ2n) is 3.83. The summed E-state index contributed by atoms with van der Waals surface area (Å²) in [5.74, 6) is -0.680. The average Bonchev–Trinajstić information content (AvgIpc) is 2.83. The second-order valence-corrected chi connectivity index (χ2v) is 4.75. The molecular weight excluding hydrogens is 315 g/mol. The lowest BCUT2D eigenvalue weighted by Crippen LogP contribution is -2.13. The van der Waals surface area contributed by atoms with E-state index in [1.165, 1.54) is 30.1 Å². The van der Waals surface area contributed by atoms with E-state index in [2.05, 4.69) is 21.0 Å². The van der Waals surface area contributed by atoms with Gasteiger partial charge in [0.2, 0.25) is 5.78 Å². The van der Waals surface area contributed by atoms with E-state index in [0.717, 1.165) is 0 Å². The van der Waals surface area contributed by atoms with E-state index in [0.29, 0.717) is 16.8 Å². The van der Waals surface area contributed by atoms with Gasteiger partial charge >= 0.3 is 0 Å². The van der Waals surface area contributed by atoms with Gasteiger partial charge in [0.15, 0.2) is 11.4 Å². The molecule has 2 aromatic rings. The topological polar surface area (TPSA) is 44.1 Å². The molecule has 0 saturated heterocycles. The van der Waals surface area contributed by atoms with E-state index in [-0.39, 0.29) is 11.3 Å². The monoisotopic (exact) mass is 326 g/mol. The van der Waals surface area contributed by atoms with Crippen molar-refractivity contribution in [3.05, 3.63) is 45.9 Å². The number of hydrogen-bond donors (Lipinski definition) is 0. The van der Waals surface area contributed by atoms with Crippen LogP contribution in [0.3, 0.4) is 0 Å². The molecule has 0 bridgehead atoms. The molecule has 100 valence electrons. The van der Waals surface area contributed by atoms with Gasteiger partial charge in [-0.2, -0.15) is 5.10 Å². The first kappa shape index (κ1) is 13.7. The van der Waals surface area contributed by atoms with Crippen molar-refractivity contribution in [3.63, 3.8) is 0 Å². The second kappa shape index (κ2) is 5.52. The van der Waals surface area contributed by atoms with Crippen molar-refractivity contribution in [2.45, 2.75) is 13.5 Å². The third kappa shape index (κ3) is 2.53.